The monoisotopic (exact) mass is 369 g/mol. The van der Waals surface area contributed by atoms with E-state index in [1.165, 1.54) is 0 Å². The Morgan fingerprint density at radius 3 is 2.77 bits per heavy atom. The number of aromatic nitrogens is 4. The molecule has 0 saturated carbocycles. The number of nitrogens with one attached hydrogen (secondary N) is 1. The van der Waals surface area contributed by atoms with Gasteiger partial charge in [-0.25, -0.2) is 9.67 Å². The Bertz CT molecular complexity index is 1010. The average molecular weight is 370 g/mol. The summed E-state index contributed by atoms with van der Waals surface area (Å²) in [6.45, 7) is 5.86. The van der Waals surface area contributed by atoms with E-state index in [1.54, 1.807) is 4.68 Å². The molecular weight excluding hydrogens is 350 g/mol. The van der Waals surface area contributed by atoms with E-state index in [9.17, 15) is 4.79 Å². The van der Waals surface area contributed by atoms with Crippen LogP contribution in [0.15, 0.2) is 35.1 Å². The summed E-state index contributed by atoms with van der Waals surface area (Å²) in [7, 11) is 0. The van der Waals surface area contributed by atoms with Crippen molar-refractivity contribution in [2.75, 3.05) is 6.54 Å². The molecule has 0 unspecified atom stereocenters. The summed E-state index contributed by atoms with van der Waals surface area (Å²) < 4.78 is 1.77. The van der Waals surface area contributed by atoms with Crippen LogP contribution < -0.4 is 5.56 Å². The van der Waals surface area contributed by atoms with Gasteiger partial charge in [0.05, 0.1) is 22.6 Å². The van der Waals surface area contributed by atoms with Crippen molar-refractivity contribution < 1.29 is 0 Å². The second-order valence-electron chi connectivity index (χ2n) is 6.64. The number of H-pyrrole nitrogens is 1. The van der Waals surface area contributed by atoms with Crippen LogP contribution in [0.2, 0.25) is 5.15 Å². The van der Waals surface area contributed by atoms with E-state index in [2.05, 4.69) is 20.0 Å². The first kappa shape index (κ1) is 17.0. The van der Waals surface area contributed by atoms with Crippen LogP contribution in [0.3, 0.4) is 0 Å². The van der Waals surface area contributed by atoms with Gasteiger partial charge in [-0.15, -0.1) is 0 Å². The third-order valence-corrected chi connectivity index (χ3v) is 5.16. The third-order valence-electron chi connectivity index (χ3n) is 4.77. The van der Waals surface area contributed by atoms with Crippen molar-refractivity contribution in [1.29, 1.82) is 0 Å². The van der Waals surface area contributed by atoms with E-state index in [0.29, 0.717) is 24.1 Å². The number of hydrogen-bond donors (Lipinski definition) is 1. The molecule has 7 heteroatoms. The van der Waals surface area contributed by atoms with Crippen molar-refractivity contribution in [3.63, 3.8) is 0 Å². The number of hydrogen-bond acceptors (Lipinski definition) is 4. The molecule has 6 nitrogen and oxygen atoms in total. The maximum Gasteiger partial charge on any atom is 0.255 e. The molecule has 4 rings (SSSR count). The van der Waals surface area contributed by atoms with Crippen LogP contribution >= 0.6 is 11.6 Å². The van der Waals surface area contributed by atoms with Crippen LogP contribution in [0.25, 0.3) is 5.69 Å². The van der Waals surface area contributed by atoms with Gasteiger partial charge in [0.1, 0.15) is 11.0 Å². The lowest BCUT2D eigenvalue weighted by Gasteiger charge is -2.27. The van der Waals surface area contributed by atoms with Gasteiger partial charge in [0.25, 0.3) is 5.56 Å². The molecule has 134 valence electrons. The summed E-state index contributed by atoms with van der Waals surface area (Å²) in [6, 6.07) is 9.85. The lowest BCUT2D eigenvalue weighted by atomic mass is 10.1. The highest BCUT2D eigenvalue weighted by molar-refractivity contribution is 6.30. The molecule has 1 aromatic carbocycles. The molecule has 3 aromatic rings. The second kappa shape index (κ2) is 6.70. The molecule has 1 aliphatic heterocycles. The summed E-state index contributed by atoms with van der Waals surface area (Å²) in [5.41, 5.74) is 4.46. The Morgan fingerprint density at radius 2 is 2.00 bits per heavy atom. The molecule has 0 aliphatic carbocycles. The average Bonchev–Trinajstić information content (AvgIpc) is 2.91. The highest BCUT2D eigenvalue weighted by Crippen LogP contribution is 2.26. The van der Waals surface area contributed by atoms with Gasteiger partial charge < -0.3 is 4.98 Å². The molecule has 0 radical (unpaired) electrons. The maximum atomic E-state index is 12.2. The van der Waals surface area contributed by atoms with Gasteiger partial charge in [0, 0.05) is 31.6 Å². The Kier molecular flexibility index (Phi) is 4.38. The fraction of sp³-hybridized carbons (Fsp3) is 0.316. The first-order valence-corrected chi connectivity index (χ1v) is 9.01. The van der Waals surface area contributed by atoms with E-state index in [4.69, 9.17) is 11.6 Å². The van der Waals surface area contributed by atoms with Crippen molar-refractivity contribution in [3.05, 3.63) is 74.2 Å². The van der Waals surface area contributed by atoms with Gasteiger partial charge in [0.15, 0.2) is 0 Å². The zero-order chi connectivity index (χ0) is 18.3. The molecule has 0 fully saturated rings. The lowest BCUT2D eigenvalue weighted by molar-refractivity contribution is 0.241. The van der Waals surface area contributed by atoms with Crippen LogP contribution in [0, 0.1) is 13.8 Å². The minimum absolute atomic E-state index is 0.0417. The third kappa shape index (κ3) is 3.06. The van der Waals surface area contributed by atoms with Gasteiger partial charge in [-0.1, -0.05) is 29.8 Å². The van der Waals surface area contributed by atoms with Crippen molar-refractivity contribution in [2.24, 2.45) is 0 Å². The number of aryl methyl sites for hydroxylation is 2. The second-order valence-corrected chi connectivity index (χ2v) is 7.00. The number of para-hydroxylation sites is 1. The smallest absolute Gasteiger partial charge is 0.255 e. The van der Waals surface area contributed by atoms with E-state index in [-0.39, 0.29) is 5.56 Å². The minimum Gasteiger partial charge on any atom is -0.310 e. The fourth-order valence-corrected chi connectivity index (χ4v) is 3.75. The van der Waals surface area contributed by atoms with Crippen LogP contribution in [0.5, 0.6) is 0 Å². The number of nitrogens with zero attached hydrogens (tertiary/aromatic N) is 4. The molecule has 0 amide bonds. The summed E-state index contributed by atoms with van der Waals surface area (Å²) in [5.74, 6) is 0.672. The molecule has 0 spiro atoms. The standard InChI is InChI=1S/C19H20ClN5O/c1-12-15(18(20)25(23-12)14-6-4-3-5-7-14)10-24-9-8-17-16(11-24)19(26)22-13(2)21-17/h3-7H,8-11H2,1-2H3,(H,21,22,26). The molecule has 1 aliphatic rings. The molecule has 26 heavy (non-hydrogen) atoms. The highest BCUT2D eigenvalue weighted by atomic mass is 35.5. The molecule has 3 heterocycles. The normalized spacial score (nSPS) is 14.4. The number of benzene rings is 1. The van der Waals surface area contributed by atoms with Crippen LogP contribution in [-0.4, -0.2) is 31.2 Å². The minimum atomic E-state index is -0.0417. The number of halogens is 1. The maximum absolute atomic E-state index is 12.2. The number of fused-ring (bicyclic) bond motifs is 1. The Balaban J connectivity index is 1.61. The van der Waals surface area contributed by atoms with Gasteiger partial charge >= 0.3 is 0 Å². The molecule has 2 aromatic heterocycles. The zero-order valence-corrected chi connectivity index (χ0v) is 15.5. The van der Waals surface area contributed by atoms with Crippen LogP contribution in [-0.2, 0) is 19.5 Å². The Morgan fingerprint density at radius 1 is 1.23 bits per heavy atom. The number of aromatic amines is 1. The van der Waals surface area contributed by atoms with Crippen molar-refractivity contribution in [3.8, 4) is 5.69 Å². The van der Waals surface area contributed by atoms with Gasteiger partial charge in [0.2, 0.25) is 0 Å². The molecule has 0 saturated heterocycles. The van der Waals surface area contributed by atoms with E-state index >= 15 is 0 Å². The van der Waals surface area contributed by atoms with E-state index in [1.807, 2.05) is 44.2 Å². The first-order chi connectivity index (χ1) is 12.5. The molecule has 0 atom stereocenters. The predicted octanol–water partition coefficient (Wildman–Crippen LogP) is 2.78. The predicted molar refractivity (Wildman–Crippen MR) is 101 cm³/mol. The molecule has 1 N–H and O–H groups in total. The Hall–Kier alpha value is -2.44. The van der Waals surface area contributed by atoms with E-state index < -0.39 is 0 Å². The fourth-order valence-electron chi connectivity index (χ4n) is 3.42. The molecule has 0 bridgehead atoms. The zero-order valence-electron chi connectivity index (χ0n) is 14.8. The van der Waals surface area contributed by atoms with Crippen LogP contribution in [0.4, 0.5) is 0 Å². The highest BCUT2D eigenvalue weighted by Gasteiger charge is 2.23. The summed E-state index contributed by atoms with van der Waals surface area (Å²) in [6.07, 6.45) is 0.767. The SMILES string of the molecule is Cc1nc2c(c(=O)[nH]1)CN(Cc1c(C)nn(-c3ccccc3)c1Cl)CC2. The van der Waals surface area contributed by atoms with Crippen molar-refractivity contribution in [1.82, 2.24) is 24.6 Å². The van der Waals surface area contributed by atoms with Gasteiger partial charge in [-0.2, -0.15) is 5.10 Å². The first-order valence-electron chi connectivity index (χ1n) is 8.63. The summed E-state index contributed by atoms with van der Waals surface area (Å²) in [5, 5.41) is 5.22. The molecular formula is C19H20ClN5O. The van der Waals surface area contributed by atoms with Crippen molar-refractivity contribution in [2.45, 2.75) is 33.4 Å². The quantitative estimate of drug-likeness (QED) is 0.771. The largest absolute Gasteiger partial charge is 0.310 e. The van der Waals surface area contributed by atoms with E-state index in [0.717, 1.165) is 41.2 Å². The number of rotatable bonds is 3. The lowest BCUT2D eigenvalue weighted by Crippen LogP contribution is -2.35. The van der Waals surface area contributed by atoms with Crippen molar-refractivity contribution >= 4 is 11.6 Å². The van der Waals surface area contributed by atoms with Gasteiger partial charge in [-0.05, 0) is 26.0 Å². The summed E-state index contributed by atoms with van der Waals surface area (Å²) in [4.78, 5) is 21.7. The topological polar surface area (TPSA) is 66.8 Å². The van der Waals surface area contributed by atoms with Crippen LogP contribution in [0.1, 0.15) is 28.3 Å². The van der Waals surface area contributed by atoms with Gasteiger partial charge in [-0.3, -0.25) is 9.69 Å². The Labute approximate surface area is 156 Å². The summed E-state index contributed by atoms with van der Waals surface area (Å²) >= 11 is 6.63.